The van der Waals surface area contributed by atoms with Crippen molar-refractivity contribution in [2.45, 2.75) is 32.1 Å². The molecule has 0 aromatic heterocycles. The average molecular weight is 197 g/mol. The monoisotopic (exact) mass is 197 g/mol. The van der Waals surface area contributed by atoms with Crippen LogP contribution in [-0.4, -0.2) is 26.2 Å². The first kappa shape index (κ1) is 9.97. The van der Waals surface area contributed by atoms with Crippen LogP contribution in [0, 0.1) is 11.3 Å². The van der Waals surface area contributed by atoms with E-state index >= 15 is 0 Å². The van der Waals surface area contributed by atoms with E-state index in [1.165, 1.54) is 45.9 Å². The minimum atomic E-state index is -0.0438. The van der Waals surface area contributed by atoms with Gasteiger partial charge in [-0.25, -0.2) is 0 Å². The molecule has 0 amide bonds. The minimum Gasteiger partial charge on any atom is -0.469 e. The van der Waals surface area contributed by atoms with Crippen LogP contribution in [-0.2, 0) is 9.53 Å². The second-order valence-corrected chi connectivity index (χ2v) is 4.83. The van der Waals surface area contributed by atoms with E-state index in [1.54, 1.807) is 0 Å². The predicted octanol–water partition coefficient (Wildman–Crippen LogP) is 1.33. The van der Waals surface area contributed by atoms with Gasteiger partial charge in [0.25, 0.3) is 0 Å². The first-order valence-electron chi connectivity index (χ1n) is 5.52. The highest BCUT2D eigenvalue weighted by Gasteiger charge is 2.40. The molecule has 3 heteroatoms. The van der Waals surface area contributed by atoms with Gasteiger partial charge < -0.3 is 10.1 Å². The number of hydrogen-bond acceptors (Lipinski definition) is 3. The second-order valence-electron chi connectivity index (χ2n) is 4.83. The van der Waals surface area contributed by atoms with Gasteiger partial charge in [0.2, 0.25) is 0 Å². The lowest BCUT2D eigenvalue weighted by Gasteiger charge is -2.47. The van der Waals surface area contributed by atoms with Gasteiger partial charge in [-0.05, 0) is 37.0 Å². The van der Waals surface area contributed by atoms with Gasteiger partial charge in [-0.3, -0.25) is 4.79 Å². The summed E-state index contributed by atoms with van der Waals surface area (Å²) in [6, 6.07) is 0. The Morgan fingerprint density at radius 3 is 2.50 bits per heavy atom. The van der Waals surface area contributed by atoms with E-state index in [1.807, 2.05) is 0 Å². The van der Waals surface area contributed by atoms with Crippen molar-refractivity contribution in [3.8, 4) is 0 Å². The third-order valence-corrected chi connectivity index (χ3v) is 3.85. The van der Waals surface area contributed by atoms with Gasteiger partial charge in [-0.2, -0.15) is 0 Å². The van der Waals surface area contributed by atoms with Crippen LogP contribution in [0.25, 0.3) is 0 Å². The van der Waals surface area contributed by atoms with E-state index in [0.717, 1.165) is 0 Å². The molecule has 1 spiro atoms. The molecule has 80 valence electrons. The van der Waals surface area contributed by atoms with Crippen molar-refractivity contribution in [2.24, 2.45) is 11.3 Å². The maximum absolute atomic E-state index is 11.1. The van der Waals surface area contributed by atoms with Crippen LogP contribution in [0.2, 0.25) is 0 Å². The van der Waals surface area contributed by atoms with E-state index < -0.39 is 0 Å². The Morgan fingerprint density at radius 2 is 2.07 bits per heavy atom. The van der Waals surface area contributed by atoms with Gasteiger partial charge in [-0.1, -0.05) is 0 Å². The smallest absolute Gasteiger partial charge is 0.305 e. The Kier molecular flexibility index (Phi) is 2.77. The number of esters is 1. The Labute approximate surface area is 85.2 Å². The second kappa shape index (κ2) is 3.89. The molecule has 1 N–H and O–H groups in total. The molecule has 2 fully saturated rings. The largest absolute Gasteiger partial charge is 0.469 e. The van der Waals surface area contributed by atoms with Gasteiger partial charge in [-0.15, -0.1) is 0 Å². The van der Waals surface area contributed by atoms with Crippen LogP contribution in [0.5, 0.6) is 0 Å². The van der Waals surface area contributed by atoms with E-state index in [9.17, 15) is 4.79 Å². The SMILES string of the molecule is COC(=O)CC1CCC2(CC1)CNC2. The number of carbonyl (C=O) groups excluding carboxylic acids is 1. The highest BCUT2D eigenvalue weighted by atomic mass is 16.5. The standard InChI is InChI=1S/C11H19NO2/c1-14-10(13)6-9-2-4-11(5-3-9)7-12-8-11/h9,12H,2-8H2,1H3. The molecule has 2 rings (SSSR count). The lowest BCUT2D eigenvalue weighted by Crippen LogP contribution is -2.54. The summed E-state index contributed by atoms with van der Waals surface area (Å²) in [6.07, 6.45) is 5.62. The number of ether oxygens (including phenoxy) is 1. The summed E-state index contributed by atoms with van der Waals surface area (Å²) in [7, 11) is 1.47. The molecule has 1 heterocycles. The van der Waals surface area contributed by atoms with Crippen LogP contribution in [0.15, 0.2) is 0 Å². The molecule has 1 aliphatic heterocycles. The molecule has 0 aromatic rings. The molecule has 2 aliphatic rings. The Hall–Kier alpha value is -0.570. The van der Waals surface area contributed by atoms with Gasteiger partial charge in [0.05, 0.1) is 7.11 Å². The van der Waals surface area contributed by atoms with Crippen molar-refractivity contribution in [1.29, 1.82) is 0 Å². The molecule has 14 heavy (non-hydrogen) atoms. The zero-order valence-corrected chi connectivity index (χ0v) is 8.84. The van der Waals surface area contributed by atoms with Crippen molar-refractivity contribution < 1.29 is 9.53 Å². The van der Waals surface area contributed by atoms with Gasteiger partial charge in [0.1, 0.15) is 0 Å². The van der Waals surface area contributed by atoms with E-state index in [2.05, 4.69) is 5.32 Å². The lowest BCUT2D eigenvalue weighted by molar-refractivity contribution is -0.142. The van der Waals surface area contributed by atoms with E-state index in [0.29, 0.717) is 17.8 Å². The predicted molar refractivity (Wildman–Crippen MR) is 53.9 cm³/mol. The van der Waals surface area contributed by atoms with Crippen molar-refractivity contribution in [3.05, 3.63) is 0 Å². The third-order valence-electron chi connectivity index (χ3n) is 3.85. The fraction of sp³-hybridized carbons (Fsp3) is 0.909. The number of rotatable bonds is 2. The first-order chi connectivity index (χ1) is 6.74. The number of hydrogen-bond donors (Lipinski definition) is 1. The lowest BCUT2D eigenvalue weighted by atomic mass is 9.66. The average Bonchev–Trinajstić information content (AvgIpc) is 2.16. The molecule has 3 nitrogen and oxygen atoms in total. The normalized spacial score (nSPS) is 25.8. The first-order valence-corrected chi connectivity index (χ1v) is 5.52. The molecule has 1 saturated carbocycles. The van der Waals surface area contributed by atoms with Crippen molar-refractivity contribution in [1.82, 2.24) is 5.32 Å². The summed E-state index contributed by atoms with van der Waals surface area (Å²) < 4.78 is 4.69. The van der Waals surface area contributed by atoms with E-state index in [4.69, 9.17) is 4.74 Å². The summed E-state index contributed by atoms with van der Waals surface area (Å²) in [4.78, 5) is 11.1. The van der Waals surface area contributed by atoms with Gasteiger partial charge in [0, 0.05) is 19.5 Å². The van der Waals surface area contributed by atoms with E-state index in [-0.39, 0.29) is 5.97 Å². The maximum atomic E-state index is 11.1. The molecular weight excluding hydrogens is 178 g/mol. The highest BCUT2D eigenvalue weighted by molar-refractivity contribution is 5.69. The zero-order chi connectivity index (χ0) is 10.0. The fourth-order valence-corrected chi connectivity index (χ4v) is 2.65. The molecule has 0 aromatic carbocycles. The molecule has 0 bridgehead atoms. The summed E-state index contributed by atoms with van der Waals surface area (Å²) in [5, 5.41) is 3.35. The number of methoxy groups -OCH3 is 1. The van der Waals surface area contributed by atoms with Crippen molar-refractivity contribution in [2.75, 3.05) is 20.2 Å². The maximum Gasteiger partial charge on any atom is 0.305 e. The van der Waals surface area contributed by atoms with Crippen LogP contribution < -0.4 is 5.32 Å². The molecule has 0 unspecified atom stereocenters. The highest BCUT2D eigenvalue weighted by Crippen LogP contribution is 2.42. The van der Waals surface area contributed by atoms with Crippen LogP contribution in [0.1, 0.15) is 32.1 Å². The minimum absolute atomic E-state index is 0.0438. The Balaban J connectivity index is 1.75. The molecule has 0 atom stereocenters. The molecule has 1 saturated heterocycles. The van der Waals surface area contributed by atoms with Gasteiger partial charge in [0.15, 0.2) is 0 Å². The summed E-state index contributed by atoms with van der Waals surface area (Å²) >= 11 is 0. The Morgan fingerprint density at radius 1 is 1.43 bits per heavy atom. The molecule has 0 radical (unpaired) electrons. The summed E-state index contributed by atoms with van der Waals surface area (Å²) in [6.45, 7) is 2.38. The fourth-order valence-electron chi connectivity index (χ4n) is 2.65. The van der Waals surface area contributed by atoms with Crippen LogP contribution in [0.4, 0.5) is 0 Å². The van der Waals surface area contributed by atoms with Crippen molar-refractivity contribution >= 4 is 5.97 Å². The van der Waals surface area contributed by atoms with Gasteiger partial charge >= 0.3 is 5.97 Å². The molecule has 1 aliphatic carbocycles. The quantitative estimate of drug-likeness (QED) is 0.679. The zero-order valence-electron chi connectivity index (χ0n) is 8.84. The topological polar surface area (TPSA) is 38.3 Å². The number of nitrogens with one attached hydrogen (secondary N) is 1. The Bertz CT molecular complexity index is 213. The number of carbonyl (C=O) groups is 1. The molecular formula is C11H19NO2. The summed E-state index contributed by atoms with van der Waals surface area (Å²) in [5.41, 5.74) is 0.604. The van der Waals surface area contributed by atoms with Crippen LogP contribution in [0.3, 0.4) is 0 Å². The third kappa shape index (κ3) is 1.92. The van der Waals surface area contributed by atoms with Crippen molar-refractivity contribution in [3.63, 3.8) is 0 Å². The summed E-state index contributed by atoms with van der Waals surface area (Å²) in [5.74, 6) is 0.534. The van der Waals surface area contributed by atoms with Crippen LogP contribution >= 0.6 is 0 Å².